The number of para-hydroxylation sites is 1. The predicted molar refractivity (Wildman–Crippen MR) is 190 cm³/mol. The zero-order valence-corrected chi connectivity index (χ0v) is 28.0. The van der Waals surface area contributed by atoms with Crippen molar-refractivity contribution in [3.05, 3.63) is 100 Å². The lowest BCUT2D eigenvalue weighted by molar-refractivity contribution is -0.126. The molecule has 0 saturated heterocycles. The van der Waals surface area contributed by atoms with Gasteiger partial charge in [0, 0.05) is 22.4 Å². The topological polar surface area (TPSA) is 118 Å². The SMILES string of the molecule is CCOc1ccccc1-c1csc(NC(=O)CN2CN(C3(C)C(=O)C(C)C=c4c3ccc3c4=CC(=O)c4ccccc4-3)c3ncncc32)n1. The van der Waals surface area contributed by atoms with E-state index in [2.05, 4.69) is 20.3 Å². The number of rotatable bonds is 7. The Hall–Kier alpha value is -5.68. The van der Waals surface area contributed by atoms with Gasteiger partial charge in [0.2, 0.25) is 5.91 Å². The number of nitrogens with zero attached hydrogens (tertiary/aromatic N) is 5. The number of thiazole rings is 1. The number of hydrogen-bond donors (Lipinski definition) is 1. The number of nitrogens with one attached hydrogen (secondary N) is 1. The van der Waals surface area contributed by atoms with Gasteiger partial charge in [0.05, 0.1) is 31.7 Å². The molecule has 1 aliphatic heterocycles. The fourth-order valence-corrected chi connectivity index (χ4v) is 7.98. The number of carbonyl (C=O) groups excluding carboxylic acids is 3. The maximum absolute atomic E-state index is 14.3. The van der Waals surface area contributed by atoms with Crippen LogP contribution >= 0.6 is 11.3 Å². The van der Waals surface area contributed by atoms with Crippen LogP contribution in [0.2, 0.25) is 0 Å². The van der Waals surface area contributed by atoms with Crippen LogP contribution < -0.4 is 30.3 Å². The average Bonchev–Trinajstić information content (AvgIpc) is 3.73. The zero-order valence-electron chi connectivity index (χ0n) is 27.1. The summed E-state index contributed by atoms with van der Waals surface area (Å²) >= 11 is 1.34. The van der Waals surface area contributed by atoms with Gasteiger partial charge in [-0.15, -0.1) is 11.3 Å². The Morgan fingerprint density at radius 1 is 1.02 bits per heavy atom. The van der Waals surface area contributed by atoms with E-state index < -0.39 is 11.5 Å². The Labute approximate surface area is 286 Å². The van der Waals surface area contributed by atoms with Crippen molar-refractivity contribution in [2.75, 3.05) is 34.9 Å². The quantitative estimate of drug-likeness (QED) is 0.262. The van der Waals surface area contributed by atoms with Crippen LogP contribution in [0, 0.1) is 5.92 Å². The minimum absolute atomic E-state index is 0.000925. The third-order valence-corrected chi connectivity index (χ3v) is 10.3. The number of carbonyl (C=O) groups is 3. The maximum atomic E-state index is 14.3. The lowest BCUT2D eigenvalue weighted by Gasteiger charge is -2.42. The number of benzene rings is 3. The number of Topliss-reactive ketones (excluding diaryl/α,β-unsaturated/α-hetero) is 2. The van der Waals surface area contributed by atoms with E-state index in [4.69, 9.17) is 4.74 Å². The van der Waals surface area contributed by atoms with Crippen LogP contribution in [0.5, 0.6) is 5.75 Å². The second-order valence-corrected chi connectivity index (χ2v) is 13.3. The second-order valence-electron chi connectivity index (χ2n) is 12.4. The Bertz CT molecular complexity index is 2320. The average molecular weight is 669 g/mol. The summed E-state index contributed by atoms with van der Waals surface area (Å²) in [5.41, 5.74) is 4.38. The molecule has 2 aliphatic carbocycles. The van der Waals surface area contributed by atoms with Crippen molar-refractivity contribution in [1.29, 1.82) is 0 Å². The Morgan fingerprint density at radius 3 is 2.61 bits per heavy atom. The van der Waals surface area contributed by atoms with Gasteiger partial charge in [-0.2, -0.15) is 0 Å². The minimum Gasteiger partial charge on any atom is -0.493 e. The van der Waals surface area contributed by atoms with Gasteiger partial charge in [-0.25, -0.2) is 15.0 Å². The molecule has 3 aliphatic rings. The van der Waals surface area contributed by atoms with Gasteiger partial charge < -0.3 is 19.9 Å². The standard InChI is InChI=1S/C38H32N6O4S/c1-4-48-33-12-8-7-11-26(33)30-19-49-37(41-30)42-34(46)18-43-21-44(36-31(43)17-39-20-40-36)38(3)29-14-13-24-23-9-5-6-10-25(23)32(45)16-27(24)28(29)15-22(2)35(38)47/h5-17,19-20,22H,4,18,21H2,1-3H3,(H,41,42,46). The lowest BCUT2D eigenvalue weighted by atomic mass is 9.73. The first-order valence-electron chi connectivity index (χ1n) is 16.1. The molecule has 0 bridgehead atoms. The third-order valence-electron chi connectivity index (χ3n) is 9.55. The fourth-order valence-electron chi connectivity index (χ4n) is 7.25. The molecule has 8 rings (SSSR count). The molecular weight excluding hydrogens is 637 g/mol. The molecule has 10 nitrogen and oxygen atoms in total. The summed E-state index contributed by atoms with van der Waals surface area (Å²) in [7, 11) is 0. The maximum Gasteiger partial charge on any atom is 0.245 e. The van der Waals surface area contributed by atoms with Gasteiger partial charge in [0.15, 0.2) is 22.5 Å². The van der Waals surface area contributed by atoms with Crippen molar-refractivity contribution in [2.45, 2.75) is 26.3 Å². The molecule has 0 radical (unpaired) electrons. The van der Waals surface area contributed by atoms with E-state index in [-0.39, 0.29) is 30.7 Å². The van der Waals surface area contributed by atoms with E-state index in [9.17, 15) is 14.4 Å². The summed E-state index contributed by atoms with van der Waals surface area (Å²) in [4.78, 5) is 58.4. The molecule has 1 N–H and O–H groups in total. The highest BCUT2D eigenvalue weighted by Crippen LogP contribution is 2.44. The first-order valence-corrected chi connectivity index (χ1v) is 17.0. The smallest absolute Gasteiger partial charge is 0.245 e. The van der Waals surface area contributed by atoms with Gasteiger partial charge in [-0.1, -0.05) is 61.5 Å². The van der Waals surface area contributed by atoms with Crippen LogP contribution in [-0.4, -0.2) is 52.2 Å². The van der Waals surface area contributed by atoms with Gasteiger partial charge in [0.25, 0.3) is 0 Å². The summed E-state index contributed by atoms with van der Waals surface area (Å²) in [6.45, 7) is 6.48. The summed E-state index contributed by atoms with van der Waals surface area (Å²) in [5.74, 6) is 0.541. The molecule has 2 atom stereocenters. The van der Waals surface area contributed by atoms with Crippen LogP contribution in [-0.2, 0) is 15.1 Å². The summed E-state index contributed by atoms with van der Waals surface area (Å²) in [6.07, 6.45) is 6.78. The summed E-state index contributed by atoms with van der Waals surface area (Å²) in [5, 5.41) is 6.99. The van der Waals surface area contributed by atoms with Gasteiger partial charge in [0.1, 0.15) is 23.3 Å². The van der Waals surface area contributed by atoms with Crippen LogP contribution in [0.25, 0.3) is 34.5 Å². The van der Waals surface area contributed by atoms with Crippen molar-refractivity contribution in [1.82, 2.24) is 15.0 Å². The Morgan fingerprint density at radius 2 is 1.80 bits per heavy atom. The molecule has 244 valence electrons. The van der Waals surface area contributed by atoms with Gasteiger partial charge in [-0.3, -0.25) is 14.4 Å². The highest BCUT2D eigenvalue weighted by Gasteiger charge is 2.50. The van der Waals surface area contributed by atoms with Crippen molar-refractivity contribution in [2.24, 2.45) is 5.92 Å². The highest BCUT2D eigenvalue weighted by atomic mass is 32.1. The van der Waals surface area contributed by atoms with Crippen molar-refractivity contribution < 1.29 is 19.1 Å². The molecule has 49 heavy (non-hydrogen) atoms. The van der Waals surface area contributed by atoms with E-state index in [1.54, 1.807) is 12.3 Å². The first kappa shape index (κ1) is 30.6. The molecule has 2 aromatic heterocycles. The molecule has 0 fully saturated rings. The van der Waals surface area contributed by atoms with E-state index in [0.29, 0.717) is 34.5 Å². The normalized spacial score (nSPS) is 18.9. The van der Waals surface area contributed by atoms with E-state index in [1.807, 2.05) is 103 Å². The molecule has 11 heteroatoms. The third kappa shape index (κ3) is 4.91. The van der Waals surface area contributed by atoms with E-state index in [0.717, 1.165) is 38.4 Å². The Balaban J connectivity index is 1.11. The second kappa shape index (κ2) is 11.8. The number of ketones is 2. The lowest BCUT2D eigenvalue weighted by Crippen LogP contribution is -2.59. The van der Waals surface area contributed by atoms with Crippen LogP contribution in [0.15, 0.2) is 78.6 Å². The number of hydrogen-bond acceptors (Lipinski definition) is 10. The van der Waals surface area contributed by atoms with Crippen molar-refractivity contribution in [3.8, 4) is 28.1 Å². The predicted octanol–water partition coefficient (Wildman–Crippen LogP) is 4.78. The number of fused-ring (bicyclic) bond motifs is 6. The first-order chi connectivity index (χ1) is 23.8. The summed E-state index contributed by atoms with van der Waals surface area (Å²) in [6, 6.07) is 19.3. The molecule has 2 unspecified atom stereocenters. The molecule has 3 aromatic carbocycles. The molecular formula is C38H32N6O4S. The van der Waals surface area contributed by atoms with Crippen LogP contribution in [0.1, 0.15) is 36.7 Å². The number of aromatic nitrogens is 3. The zero-order chi connectivity index (χ0) is 33.9. The molecule has 5 aromatic rings. The minimum atomic E-state index is -1.14. The highest BCUT2D eigenvalue weighted by molar-refractivity contribution is 7.14. The molecule has 3 heterocycles. The van der Waals surface area contributed by atoms with E-state index >= 15 is 0 Å². The van der Waals surface area contributed by atoms with Crippen molar-refractivity contribution in [3.63, 3.8) is 0 Å². The molecule has 0 spiro atoms. The molecule has 1 amide bonds. The fraction of sp³-hybridized carbons (Fsp3) is 0.211. The number of ether oxygens (including phenoxy) is 1. The molecule has 0 saturated carbocycles. The van der Waals surface area contributed by atoms with Gasteiger partial charge in [-0.05, 0) is 59.2 Å². The largest absolute Gasteiger partial charge is 0.493 e. The van der Waals surface area contributed by atoms with Crippen LogP contribution in [0.4, 0.5) is 16.6 Å². The monoisotopic (exact) mass is 668 g/mol. The van der Waals surface area contributed by atoms with Crippen LogP contribution in [0.3, 0.4) is 0 Å². The van der Waals surface area contributed by atoms with E-state index in [1.165, 1.54) is 17.7 Å². The van der Waals surface area contributed by atoms with Gasteiger partial charge >= 0.3 is 0 Å². The van der Waals surface area contributed by atoms with Crippen molar-refractivity contribution >= 4 is 57.6 Å². The summed E-state index contributed by atoms with van der Waals surface area (Å²) < 4.78 is 5.77. The number of anilines is 3. The number of amides is 1. The Kier molecular flexibility index (Phi) is 7.37.